The normalized spacial score (nSPS) is 34.6. The van der Waals surface area contributed by atoms with E-state index in [1.54, 1.807) is 13.8 Å². The van der Waals surface area contributed by atoms with Crippen molar-refractivity contribution in [3.8, 4) is 5.88 Å². The Balaban J connectivity index is 1.70. The van der Waals surface area contributed by atoms with E-state index >= 15 is 0 Å². The van der Waals surface area contributed by atoms with Crippen LogP contribution in [0, 0.1) is 0 Å². The first kappa shape index (κ1) is 20.5. The summed E-state index contributed by atoms with van der Waals surface area (Å²) in [6.45, 7) is 7.06. The molecule has 0 aliphatic carbocycles. The van der Waals surface area contributed by atoms with Crippen molar-refractivity contribution in [3.05, 3.63) is 6.33 Å². The van der Waals surface area contributed by atoms with Gasteiger partial charge in [-0.1, -0.05) is 0 Å². The Bertz CT molecular complexity index is 965. The van der Waals surface area contributed by atoms with E-state index in [2.05, 4.69) is 15.0 Å². The van der Waals surface area contributed by atoms with Crippen LogP contribution in [-0.4, -0.2) is 61.8 Å². The first-order chi connectivity index (χ1) is 13.6. The Morgan fingerprint density at radius 3 is 2.93 bits per heavy atom. The second-order valence-corrected chi connectivity index (χ2v) is 8.89. The summed E-state index contributed by atoms with van der Waals surface area (Å²) < 4.78 is 41.9. The van der Waals surface area contributed by atoms with Gasteiger partial charge in [0.25, 0.3) is 0 Å². The molecule has 2 aromatic heterocycles. The zero-order chi connectivity index (χ0) is 21.0. The van der Waals surface area contributed by atoms with E-state index in [1.807, 2.05) is 6.92 Å². The van der Waals surface area contributed by atoms with E-state index in [0.29, 0.717) is 17.8 Å². The molecule has 2 fully saturated rings. The van der Waals surface area contributed by atoms with E-state index in [0.717, 1.165) is 0 Å². The van der Waals surface area contributed by atoms with Crippen LogP contribution < -0.4 is 10.5 Å². The summed E-state index contributed by atoms with van der Waals surface area (Å²) in [5.41, 5.74) is 4.91. The van der Waals surface area contributed by atoms with Gasteiger partial charge in [-0.25, -0.2) is 9.55 Å². The SMILES string of the molecule is CCOc1nc(N)nc2c1ncn2C1OC2COP(=O)(OC(C)C)OC2C1(C)O. The molecule has 0 amide bonds. The number of nitrogens with two attached hydrogens (primary N) is 1. The fourth-order valence-electron chi connectivity index (χ4n) is 3.50. The minimum Gasteiger partial charge on any atom is -0.476 e. The number of hydrogen-bond acceptors (Lipinski definition) is 11. The van der Waals surface area contributed by atoms with Crippen LogP contribution in [0.2, 0.25) is 0 Å². The Morgan fingerprint density at radius 2 is 2.24 bits per heavy atom. The van der Waals surface area contributed by atoms with Crippen LogP contribution in [0.25, 0.3) is 11.2 Å². The molecule has 2 aliphatic rings. The number of anilines is 1. The molecule has 160 valence electrons. The fraction of sp³-hybridized carbons (Fsp3) is 0.688. The molecule has 0 radical (unpaired) electrons. The fourth-order valence-corrected chi connectivity index (χ4v) is 5.15. The van der Waals surface area contributed by atoms with Crippen molar-refractivity contribution >= 4 is 24.9 Å². The third-order valence-corrected chi connectivity index (χ3v) is 6.27. The van der Waals surface area contributed by atoms with E-state index in [1.165, 1.54) is 17.8 Å². The molecule has 13 heteroatoms. The smallest absolute Gasteiger partial charge is 0.475 e. The molecule has 2 saturated heterocycles. The van der Waals surface area contributed by atoms with Gasteiger partial charge >= 0.3 is 7.82 Å². The Labute approximate surface area is 166 Å². The molecule has 5 atom stereocenters. The number of phosphoric ester groups is 1. The lowest BCUT2D eigenvalue weighted by Crippen LogP contribution is -2.47. The minimum atomic E-state index is -3.83. The van der Waals surface area contributed by atoms with Crippen LogP contribution >= 0.6 is 7.82 Å². The Kier molecular flexibility index (Phi) is 5.04. The third kappa shape index (κ3) is 3.49. The van der Waals surface area contributed by atoms with Gasteiger partial charge in [0.05, 0.1) is 25.6 Å². The molecule has 4 rings (SSSR count). The first-order valence-corrected chi connectivity index (χ1v) is 10.7. The molecule has 0 aromatic carbocycles. The van der Waals surface area contributed by atoms with Crippen LogP contribution in [0.4, 0.5) is 5.95 Å². The predicted molar refractivity (Wildman–Crippen MR) is 100 cm³/mol. The molecule has 0 bridgehead atoms. The Morgan fingerprint density at radius 1 is 1.48 bits per heavy atom. The lowest BCUT2D eigenvalue weighted by atomic mass is 9.96. The van der Waals surface area contributed by atoms with E-state index in [4.69, 9.17) is 28.8 Å². The van der Waals surface area contributed by atoms with Crippen molar-refractivity contribution in [1.29, 1.82) is 0 Å². The predicted octanol–water partition coefficient (Wildman–Crippen LogP) is 1.40. The van der Waals surface area contributed by atoms with Gasteiger partial charge in [0.1, 0.15) is 17.8 Å². The lowest BCUT2D eigenvalue weighted by molar-refractivity contribution is -0.0917. The number of aliphatic hydroxyl groups is 1. The van der Waals surface area contributed by atoms with Gasteiger partial charge in [-0.3, -0.25) is 18.1 Å². The zero-order valence-electron chi connectivity index (χ0n) is 16.5. The number of ether oxygens (including phenoxy) is 2. The number of phosphoric acid groups is 1. The maximum atomic E-state index is 12.7. The van der Waals surface area contributed by atoms with E-state index in [9.17, 15) is 9.67 Å². The highest BCUT2D eigenvalue weighted by Gasteiger charge is 2.60. The number of hydrogen-bond donors (Lipinski definition) is 2. The quantitative estimate of drug-likeness (QED) is 0.663. The standard InChI is InChI=1S/C16H24N5O7P/c1-5-24-13-10-12(19-15(17)20-13)21(7-18-10)14-16(4,22)11-9(26-14)6-25-29(23,28-11)27-8(2)3/h7-9,11,14,22H,5-6H2,1-4H3,(H2,17,19,20). The number of nitrogen functional groups attached to an aromatic ring is 1. The minimum absolute atomic E-state index is 0.00725. The van der Waals surface area contributed by atoms with Crippen molar-refractivity contribution < 1.29 is 32.7 Å². The highest BCUT2D eigenvalue weighted by molar-refractivity contribution is 7.48. The molecule has 2 aliphatic heterocycles. The molecular formula is C16H24N5O7P. The van der Waals surface area contributed by atoms with Crippen molar-refractivity contribution in [2.24, 2.45) is 0 Å². The second kappa shape index (κ2) is 7.15. The van der Waals surface area contributed by atoms with Gasteiger partial charge in [0.15, 0.2) is 17.4 Å². The van der Waals surface area contributed by atoms with Crippen LogP contribution in [0.5, 0.6) is 5.88 Å². The van der Waals surface area contributed by atoms with Crippen molar-refractivity contribution in [2.45, 2.75) is 57.8 Å². The average Bonchev–Trinajstić information content (AvgIpc) is 3.13. The van der Waals surface area contributed by atoms with Gasteiger partial charge in [0.2, 0.25) is 11.8 Å². The molecule has 12 nitrogen and oxygen atoms in total. The molecule has 5 unspecified atom stereocenters. The monoisotopic (exact) mass is 429 g/mol. The van der Waals surface area contributed by atoms with Gasteiger partial charge < -0.3 is 20.3 Å². The lowest BCUT2D eigenvalue weighted by Gasteiger charge is -2.35. The highest BCUT2D eigenvalue weighted by atomic mass is 31.2. The zero-order valence-corrected chi connectivity index (χ0v) is 17.4. The molecule has 0 saturated carbocycles. The van der Waals surface area contributed by atoms with Crippen LogP contribution in [0.3, 0.4) is 0 Å². The maximum absolute atomic E-state index is 12.7. The molecule has 4 heterocycles. The number of fused-ring (bicyclic) bond motifs is 2. The van der Waals surface area contributed by atoms with Crippen LogP contribution in [-0.2, 0) is 22.9 Å². The van der Waals surface area contributed by atoms with Gasteiger partial charge in [0, 0.05) is 0 Å². The van der Waals surface area contributed by atoms with Crippen molar-refractivity contribution in [2.75, 3.05) is 18.9 Å². The summed E-state index contributed by atoms with van der Waals surface area (Å²) in [4.78, 5) is 12.6. The molecular weight excluding hydrogens is 405 g/mol. The summed E-state index contributed by atoms with van der Waals surface area (Å²) in [6.07, 6.45) is -1.51. The maximum Gasteiger partial charge on any atom is 0.475 e. The number of rotatable bonds is 5. The van der Waals surface area contributed by atoms with Crippen molar-refractivity contribution in [1.82, 2.24) is 19.5 Å². The molecule has 2 aromatic rings. The molecule has 29 heavy (non-hydrogen) atoms. The topological polar surface area (TPSA) is 153 Å². The number of imidazole rings is 1. The second-order valence-electron chi connectivity index (χ2n) is 7.32. The van der Waals surface area contributed by atoms with Crippen LogP contribution in [0.15, 0.2) is 6.33 Å². The number of nitrogens with zero attached hydrogens (tertiary/aromatic N) is 4. The summed E-state index contributed by atoms with van der Waals surface area (Å²) >= 11 is 0. The summed E-state index contributed by atoms with van der Waals surface area (Å²) in [6, 6.07) is 0. The van der Waals surface area contributed by atoms with Crippen molar-refractivity contribution in [3.63, 3.8) is 0 Å². The Hall–Kier alpha value is -1.82. The van der Waals surface area contributed by atoms with Gasteiger partial charge in [-0.05, 0) is 27.7 Å². The van der Waals surface area contributed by atoms with E-state index in [-0.39, 0.29) is 24.5 Å². The van der Waals surface area contributed by atoms with Gasteiger partial charge in [-0.2, -0.15) is 9.97 Å². The average molecular weight is 429 g/mol. The van der Waals surface area contributed by atoms with E-state index < -0.39 is 31.9 Å². The first-order valence-electron chi connectivity index (χ1n) is 9.26. The van der Waals surface area contributed by atoms with Crippen LogP contribution in [0.1, 0.15) is 33.9 Å². The summed E-state index contributed by atoms with van der Waals surface area (Å²) in [5.74, 6) is 0.227. The summed E-state index contributed by atoms with van der Waals surface area (Å²) in [5, 5.41) is 11.3. The third-order valence-electron chi connectivity index (χ3n) is 4.64. The molecule has 3 N–H and O–H groups in total. The summed E-state index contributed by atoms with van der Waals surface area (Å²) in [7, 11) is -3.83. The highest BCUT2D eigenvalue weighted by Crippen LogP contribution is 2.59. The number of aromatic nitrogens is 4. The largest absolute Gasteiger partial charge is 0.476 e. The van der Waals surface area contributed by atoms with Gasteiger partial charge in [-0.15, -0.1) is 0 Å². The molecule has 0 spiro atoms.